The molecule has 0 fully saturated rings. The van der Waals surface area contributed by atoms with Crippen LogP contribution in [0.2, 0.25) is 0 Å². The summed E-state index contributed by atoms with van der Waals surface area (Å²) >= 11 is 1.47. The van der Waals surface area contributed by atoms with Crippen LogP contribution < -0.4 is 11.1 Å². The summed E-state index contributed by atoms with van der Waals surface area (Å²) in [6, 6.07) is 6.04. The summed E-state index contributed by atoms with van der Waals surface area (Å²) in [5.41, 5.74) is 7.74. The van der Waals surface area contributed by atoms with E-state index in [0.29, 0.717) is 5.75 Å². The predicted octanol–water partition coefficient (Wildman–Crippen LogP) is 2.19. The van der Waals surface area contributed by atoms with Gasteiger partial charge in [-0.3, -0.25) is 4.79 Å². The molecule has 3 N–H and O–H groups in total. The number of nitrogens with one attached hydrogen (secondary N) is 1. The summed E-state index contributed by atoms with van der Waals surface area (Å²) in [4.78, 5) is 12.4. The van der Waals surface area contributed by atoms with Crippen molar-refractivity contribution in [2.75, 3.05) is 11.5 Å². The van der Waals surface area contributed by atoms with Crippen molar-refractivity contribution in [1.82, 2.24) is 5.32 Å². The maximum atomic E-state index is 11.5. The van der Waals surface area contributed by atoms with E-state index in [1.165, 1.54) is 11.8 Å². The molecule has 0 aliphatic rings. The molecule has 0 radical (unpaired) electrons. The number of carbonyl (C=O) groups excluding carboxylic acids is 1. The standard InChI is InChI=1S/C12H18N2OS/c1-8(2)14-11(15)7-16-10-6-4-5-9(3)12(10)13/h4-6,8H,7,13H2,1-3H3,(H,14,15). The fraction of sp³-hybridized carbons (Fsp3) is 0.417. The molecular weight excluding hydrogens is 220 g/mol. The fourth-order valence-corrected chi connectivity index (χ4v) is 2.15. The number of hydrogen-bond acceptors (Lipinski definition) is 3. The molecule has 0 atom stereocenters. The normalized spacial score (nSPS) is 10.5. The Morgan fingerprint density at radius 2 is 2.19 bits per heavy atom. The highest BCUT2D eigenvalue weighted by molar-refractivity contribution is 8.00. The van der Waals surface area contributed by atoms with Crippen LogP contribution >= 0.6 is 11.8 Å². The Labute approximate surface area is 101 Å². The lowest BCUT2D eigenvalue weighted by Gasteiger charge is -2.10. The summed E-state index contributed by atoms with van der Waals surface area (Å²) in [5.74, 6) is 0.451. The van der Waals surface area contributed by atoms with Crippen LogP contribution in [-0.4, -0.2) is 17.7 Å². The number of carbonyl (C=O) groups is 1. The minimum absolute atomic E-state index is 0.0425. The van der Waals surface area contributed by atoms with Crippen molar-refractivity contribution >= 4 is 23.4 Å². The fourth-order valence-electron chi connectivity index (χ4n) is 1.29. The van der Waals surface area contributed by atoms with Gasteiger partial charge in [0.2, 0.25) is 5.91 Å². The van der Waals surface area contributed by atoms with Crippen molar-refractivity contribution in [3.63, 3.8) is 0 Å². The number of amides is 1. The predicted molar refractivity (Wildman–Crippen MR) is 69.6 cm³/mol. The van der Waals surface area contributed by atoms with Gasteiger partial charge in [0.15, 0.2) is 0 Å². The van der Waals surface area contributed by atoms with Crippen molar-refractivity contribution < 1.29 is 4.79 Å². The maximum absolute atomic E-state index is 11.5. The van der Waals surface area contributed by atoms with Gasteiger partial charge in [-0.05, 0) is 32.4 Å². The zero-order valence-corrected chi connectivity index (χ0v) is 10.7. The van der Waals surface area contributed by atoms with E-state index in [1.54, 1.807) is 0 Å². The molecular formula is C12H18N2OS. The monoisotopic (exact) mass is 238 g/mol. The number of para-hydroxylation sites is 1. The van der Waals surface area contributed by atoms with E-state index in [1.807, 2.05) is 39.0 Å². The second kappa shape index (κ2) is 5.80. The van der Waals surface area contributed by atoms with E-state index in [9.17, 15) is 4.79 Å². The van der Waals surface area contributed by atoms with Crippen molar-refractivity contribution in [2.24, 2.45) is 0 Å². The van der Waals surface area contributed by atoms with Crippen molar-refractivity contribution in [3.05, 3.63) is 23.8 Å². The molecule has 3 nitrogen and oxygen atoms in total. The van der Waals surface area contributed by atoms with Gasteiger partial charge in [0, 0.05) is 16.6 Å². The maximum Gasteiger partial charge on any atom is 0.230 e. The largest absolute Gasteiger partial charge is 0.398 e. The number of benzene rings is 1. The smallest absolute Gasteiger partial charge is 0.230 e. The third-order valence-corrected chi connectivity index (χ3v) is 3.17. The number of rotatable bonds is 4. The third kappa shape index (κ3) is 3.77. The second-order valence-electron chi connectivity index (χ2n) is 4.00. The first kappa shape index (κ1) is 12.9. The molecule has 0 saturated heterocycles. The highest BCUT2D eigenvalue weighted by atomic mass is 32.2. The summed E-state index contributed by atoms with van der Waals surface area (Å²) in [7, 11) is 0. The minimum Gasteiger partial charge on any atom is -0.398 e. The number of nitrogens with two attached hydrogens (primary N) is 1. The number of aryl methyl sites for hydroxylation is 1. The molecule has 88 valence electrons. The lowest BCUT2D eigenvalue weighted by Crippen LogP contribution is -2.31. The van der Waals surface area contributed by atoms with Gasteiger partial charge in [0.25, 0.3) is 0 Å². The molecule has 0 aromatic heterocycles. The highest BCUT2D eigenvalue weighted by Gasteiger charge is 2.07. The first-order valence-electron chi connectivity index (χ1n) is 5.28. The van der Waals surface area contributed by atoms with E-state index >= 15 is 0 Å². The first-order chi connectivity index (χ1) is 7.50. The average molecular weight is 238 g/mol. The van der Waals surface area contributed by atoms with Crippen LogP contribution in [-0.2, 0) is 4.79 Å². The first-order valence-corrected chi connectivity index (χ1v) is 6.26. The SMILES string of the molecule is Cc1cccc(SCC(=O)NC(C)C)c1N. The molecule has 0 aliphatic carbocycles. The van der Waals surface area contributed by atoms with Crippen molar-refractivity contribution in [1.29, 1.82) is 0 Å². The lowest BCUT2D eigenvalue weighted by atomic mass is 10.2. The quantitative estimate of drug-likeness (QED) is 0.624. The zero-order chi connectivity index (χ0) is 12.1. The van der Waals surface area contributed by atoms with Crippen molar-refractivity contribution in [2.45, 2.75) is 31.7 Å². The summed E-state index contributed by atoms with van der Waals surface area (Å²) in [6.07, 6.45) is 0. The van der Waals surface area contributed by atoms with Crippen LogP contribution in [0.5, 0.6) is 0 Å². The van der Waals surface area contributed by atoms with Crippen LogP contribution in [0, 0.1) is 6.92 Å². The molecule has 0 saturated carbocycles. The number of thioether (sulfide) groups is 1. The van der Waals surface area contributed by atoms with Crippen LogP contribution in [0.1, 0.15) is 19.4 Å². The zero-order valence-electron chi connectivity index (χ0n) is 9.91. The summed E-state index contributed by atoms with van der Waals surface area (Å²) < 4.78 is 0. The molecule has 4 heteroatoms. The summed E-state index contributed by atoms with van der Waals surface area (Å²) in [6.45, 7) is 5.86. The van der Waals surface area contributed by atoms with Gasteiger partial charge in [-0.25, -0.2) is 0 Å². The molecule has 0 heterocycles. The second-order valence-corrected chi connectivity index (χ2v) is 5.01. The molecule has 1 aromatic carbocycles. The number of anilines is 1. The Balaban J connectivity index is 2.55. The molecule has 0 unspecified atom stereocenters. The Hall–Kier alpha value is -1.16. The van der Waals surface area contributed by atoms with Gasteiger partial charge in [-0.1, -0.05) is 12.1 Å². The van der Waals surface area contributed by atoms with Gasteiger partial charge < -0.3 is 11.1 Å². The van der Waals surface area contributed by atoms with E-state index in [0.717, 1.165) is 16.1 Å². The number of nitrogen functional groups attached to an aromatic ring is 1. The molecule has 1 amide bonds. The molecule has 16 heavy (non-hydrogen) atoms. The minimum atomic E-state index is 0.0425. The summed E-state index contributed by atoms with van der Waals surface area (Å²) in [5, 5.41) is 2.85. The number of hydrogen-bond donors (Lipinski definition) is 2. The van der Waals surface area contributed by atoms with Crippen LogP contribution in [0.15, 0.2) is 23.1 Å². The van der Waals surface area contributed by atoms with Crippen molar-refractivity contribution in [3.8, 4) is 0 Å². The average Bonchev–Trinajstić information content (AvgIpc) is 2.19. The van der Waals surface area contributed by atoms with Gasteiger partial charge in [0.1, 0.15) is 0 Å². The third-order valence-electron chi connectivity index (χ3n) is 2.09. The highest BCUT2D eigenvalue weighted by Crippen LogP contribution is 2.26. The van der Waals surface area contributed by atoms with Gasteiger partial charge in [-0.2, -0.15) is 0 Å². The van der Waals surface area contributed by atoms with E-state index in [4.69, 9.17) is 5.73 Å². The Kier molecular flexibility index (Phi) is 4.68. The van der Waals surface area contributed by atoms with Gasteiger partial charge in [-0.15, -0.1) is 11.8 Å². The Morgan fingerprint density at radius 1 is 1.50 bits per heavy atom. The van der Waals surface area contributed by atoms with Gasteiger partial charge in [0.05, 0.1) is 5.75 Å². The van der Waals surface area contributed by atoms with Crippen LogP contribution in [0.4, 0.5) is 5.69 Å². The van der Waals surface area contributed by atoms with Crippen LogP contribution in [0.25, 0.3) is 0 Å². The van der Waals surface area contributed by atoms with E-state index < -0.39 is 0 Å². The molecule has 1 rings (SSSR count). The molecule has 1 aromatic rings. The molecule has 0 bridgehead atoms. The Morgan fingerprint density at radius 3 is 2.81 bits per heavy atom. The topological polar surface area (TPSA) is 55.1 Å². The Bertz CT molecular complexity index is 377. The van der Waals surface area contributed by atoms with E-state index in [2.05, 4.69) is 5.32 Å². The van der Waals surface area contributed by atoms with E-state index in [-0.39, 0.29) is 11.9 Å². The lowest BCUT2D eigenvalue weighted by molar-refractivity contribution is -0.119. The van der Waals surface area contributed by atoms with Crippen LogP contribution in [0.3, 0.4) is 0 Å². The molecule has 0 spiro atoms. The molecule has 0 aliphatic heterocycles. The van der Waals surface area contributed by atoms with Gasteiger partial charge >= 0.3 is 0 Å².